The van der Waals surface area contributed by atoms with Crippen molar-refractivity contribution in [2.24, 2.45) is 0 Å². The summed E-state index contributed by atoms with van der Waals surface area (Å²) in [7, 11) is 0. The van der Waals surface area contributed by atoms with Crippen molar-refractivity contribution in [2.75, 3.05) is 6.54 Å². The van der Waals surface area contributed by atoms with Gasteiger partial charge in [0.05, 0.1) is 5.56 Å². The van der Waals surface area contributed by atoms with E-state index in [0.29, 0.717) is 30.5 Å². The van der Waals surface area contributed by atoms with E-state index in [-0.39, 0.29) is 11.8 Å². The number of cyclic esters (lactones) is 1. The van der Waals surface area contributed by atoms with Crippen LogP contribution in [0.15, 0.2) is 24.3 Å². The number of nitrogens with zero attached hydrogens (tertiary/aromatic N) is 1. The average molecular weight is 316 g/mol. The number of benzene rings is 1. The predicted molar refractivity (Wildman–Crippen MR) is 82.4 cm³/mol. The van der Waals surface area contributed by atoms with Crippen molar-refractivity contribution in [3.05, 3.63) is 35.4 Å². The highest BCUT2D eigenvalue weighted by molar-refractivity contribution is 5.96. The van der Waals surface area contributed by atoms with Gasteiger partial charge in [-0.05, 0) is 18.9 Å². The molecule has 2 amide bonds. The van der Waals surface area contributed by atoms with Crippen molar-refractivity contribution < 1.29 is 19.1 Å². The Morgan fingerprint density at radius 1 is 1.35 bits per heavy atom. The van der Waals surface area contributed by atoms with Crippen LogP contribution in [-0.2, 0) is 14.3 Å². The first-order chi connectivity index (χ1) is 11.1. The van der Waals surface area contributed by atoms with Crippen molar-refractivity contribution in [3.8, 4) is 0 Å². The van der Waals surface area contributed by atoms with Gasteiger partial charge in [0.25, 0.3) is 0 Å². The summed E-state index contributed by atoms with van der Waals surface area (Å²) in [5, 5.41) is 2.86. The van der Waals surface area contributed by atoms with Crippen molar-refractivity contribution in [1.29, 1.82) is 0 Å². The van der Waals surface area contributed by atoms with E-state index in [4.69, 9.17) is 4.74 Å². The van der Waals surface area contributed by atoms with Gasteiger partial charge in [0.1, 0.15) is 6.04 Å². The lowest BCUT2D eigenvalue weighted by atomic mass is 10.1. The fourth-order valence-electron chi connectivity index (χ4n) is 3.09. The molecule has 2 aliphatic heterocycles. The fraction of sp³-hybridized carbons (Fsp3) is 0.471. The Kier molecular flexibility index (Phi) is 4.32. The lowest BCUT2D eigenvalue weighted by Crippen LogP contribution is -2.46. The molecule has 23 heavy (non-hydrogen) atoms. The van der Waals surface area contributed by atoms with E-state index in [1.165, 1.54) is 4.90 Å². The van der Waals surface area contributed by atoms with Crippen molar-refractivity contribution in [3.63, 3.8) is 0 Å². The normalized spacial score (nSPS) is 22.9. The molecular formula is C17H20N2O4. The van der Waals surface area contributed by atoms with Crippen LogP contribution in [0.25, 0.3) is 0 Å². The fourth-order valence-corrected chi connectivity index (χ4v) is 3.09. The zero-order chi connectivity index (χ0) is 16.4. The minimum Gasteiger partial charge on any atom is -0.433 e. The molecule has 1 aromatic carbocycles. The standard InChI is InChI=1S/C17H20N2O4/c1-2-3-10-18-15(21)13-8-9-14(20)19(13)16-11-6-4-5-7-12(11)17(22)23-16/h4-7,13,16H,2-3,8-10H2,1H3,(H,18,21)/t13-,16-/m0/s1. The van der Waals surface area contributed by atoms with Crippen LogP contribution in [0.1, 0.15) is 54.8 Å². The molecule has 3 rings (SSSR count). The molecule has 0 aromatic heterocycles. The Morgan fingerprint density at radius 2 is 2.13 bits per heavy atom. The predicted octanol–water partition coefficient (Wildman–Crippen LogP) is 1.76. The SMILES string of the molecule is CCCCNC(=O)[C@@H]1CCC(=O)N1[C@H]1OC(=O)c2ccccc21. The molecule has 2 aliphatic rings. The number of carbonyl (C=O) groups is 3. The van der Waals surface area contributed by atoms with E-state index in [1.807, 2.05) is 6.92 Å². The summed E-state index contributed by atoms with van der Waals surface area (Å²) in [4.78, 5) is 38.0. The van der Waals surface area contributed by atoms with Crippen LogP contribution in [0, 0.1) is 0 Å². The smallest absolute Gasteiger partial charge is 0.340 e. The molecule has 2 heterocycles. The van der Waals surface area contributed by atoms with Crippen molar-refractivity contribution >= 4 is 17.8 Å². The Hall–Kier alpha value is -2.37. The van der Waals surface area contributed by atoms with Crippen LogP contribution in [0.4, 0.5) is 0 Å². The first-order valence-electron chi connectivity index (χ1n) is 8.02. The molecule has 6 heteroatoms. The third-order valence-corrected chi connectivity index (χ3v) is 4.31. The van der Waals surface area contributed by atoms with Crippen LogP contribution in [-0.4, -0.2) is 35.3 Å². The maximum atomic E-state index is 12.4. The number of hydrogen-bond acceptors (Lipinski definition) is 4. The van der Waals surface area contributed by atoms with E-state index in [1.54, 1.807) is 24.3 Å². The molecule has 0 spiro atoms. The average Bonchev–Trinajstić information content (AvgIpc) is 3.08. The van der Waals surface area contributed by atoms with E-state index in [0.717, 1.165) is 12.8 Å². The molecular weight excluding hydrogens is 296 g/mol. The van der Waals surface area contributed by atoms with E-state index in [2.05, 4.69) is 5.32 Å². The van der Waals surface area contributed by atoms with Gasteiger partial charge in [0, 0.05) is 18.5 Å². The van der Waals surface area contributed by atoms with E-state index in [9.17, 15) is 14.4 Å². The highest BCUT2D eigenvalue weighted by Gasteiger charge is 2.46. The van der Waals surface area contributed by atoms with Gasteiger partial charge in [-0.15, -0.1) is 0 Å². The number of hydrogen-bond donors (Lipinski definition) is 1. The molecule has 2 atom stereocenters. The summed E-state index contributed by atoms with van der Waals surface area (Å²) in [5.74, 6) is -0.782. The van der Waals surface area contributed by atoms with Gasteiger partial charge in [-0.3, -0.25) is 14.5 Å². The molecule has 6 nitrogen and oxygen atoms in total. The molecule has 122 valence electrons. The van der Waals surface area contributed by atoms with E-state index >= 15 is 0 Å². The topological polar surface area (TPSA) is 75.7 Å². The summed E-state index contributed by atoms with van der Waals surface area (Å²) < 4.78 is 5.38. The molecule has 0 unspecified atom stereocenters. The van der Waals surface area contributed by atoms with Crippen molar-refractivity contribution in [1.82, 2.24) is 10.2 Å². The Balaban J connectivity index is 1.81. The molecule has 0 aliphatic carbocycles. The van der Waals surface area contributed by atoms with Crippen LogP contribution in [0.3, 0.4) is 0 Å². The van der Waals surface area contributed by atoms with Crippen molar-refractivity contribution in [2.45, 2.75) is 44.9 Å². The van der Waals surface area contributed by atoms with Crippen LogP contribution in [0.2, 0.25) is 0 Å². The Bertz CT molecular complexity index is 643. The second-order valence-electron chi connectivity index (χ2n) is 5.84. The lowest BCUT2D eigenvalue weighted by Gasteiger charge is -2.29. The third-order valence-electron chi connectivity index (χ3n) is 4.31. The number of fused-ring (bicyclic) bond motifs is 1. The maximum Gasteiger partial charge on any atom is 0.340 e. The van der Waals surface area contributed by atoms with Crippen LogP contribution < -0.4 is 5.32 Å². The number of nitrogens with one attached hydrogen (secondary N) is 1. The summed E-state index contributed by atoms with van der Waals surface area (Å²) in [5.41, 5.74) is 1.11. The zero-order valence-electron chi connectivity index (χ0n) is 13.1. The van der Waals surface area contributed by atoms with Gasteiger partial charge in [0.15, 0.2) is 0 Å². The Labute approximate surface area is 134 Å². The van der Waals surface area contributed by atoms with Gasteiger partial charge in [-0.1, -0.05) is 31.5 Å². The summed E-state index contributed by atoms with van der Waals surface area (Å²) in [6.45, 7) is 2.64. The second-order valence-corrected chi connectivity index (χ2v) is 5.84. The maximum absolute atomic E-state index is 12.4. The number of likely N-dealkylation sites (tertiary alicyclic amines) is 1. The van der Waals surface area contributed by atoms with E-state index < -0.39 is 18.2 Å². The molecule has 0 radical (unpaired) electrons. The molecule has 1 aromatic rings. The minimum absolute atomic E-state index is 0.157. The molecule has 1 saturated heterocycles. The zero-order valence-corrected chi connectivity index (χ0v) is 13.1. The van der Waals surface area contributed by atoms with Crippen LogP contribution in [0.5, 0.6) is 0 Å². The molecule has 1 N–H and O–H groups in total. The minimum atomic E-state index is -0.796. The summed E-state index contributed by atoms with van der Waals surface area (Å²) >= 11 is 0. The van der Waals surface area contributed by atoms with Gasteiger partial charge in [-0.2, -0.15) is 0 Å². The highest BCUT2D eigenvalue weighted by atomic mass is 16.6. The van der Waals surface area contributed by atoms with Gasteiger partial charge in [0.2, 0.25) is 18.0 Å². The lowest BCUT2D eigenvalue weighted by molar-refractivity contribution is -0.145. The number of amides is 2. The molecule has 0 saturated carbocycles. The van der Waals surface area contributed by atoms with Crippen LogP contribution >= 0.6 is 0 Å². The number of unbranched alkanes of at least 4 members (excludes halogenated alkanes) is 1. The Morgan fingerprint density at radius 3 is 2.91 bits per heavy atom. The first kappa shape index (κ1) is 15.5. The number of rotatable bonds is 5. The quantitative estimate of drug-likeness (QED) is 0.663. The number of carbonyl (C=O) groups excluding carboxylic acids is 3. The largest absolute Gasteiger partial charge is 0.433 e. The third kappa shape index (κ3) is 2.81. The first-order valence-corrected chi connectivity index (χ1v) is 8.02. The van der Waals surface area contributed by atoms with Gasteiger partial charge in [-0.25, -0.2) is 4.79 Å². The molecule has 1 fully saturated rings. The monoisotopic (exact) mass is 316 g/mol. The molecule has 0 bridgehead atoms. The highest BCUT2D eigenvalue weighted by Crippen LogP contribution is 2.38. The van der Waals surface area contributed by atoms with Gasteiger partial charge < -0.3 is 10.1 Å². The van der Waals surface area contributed by atoms with Gasteiger partial charge >= 0.3 is 5.97 Å². The number of esters is 1. The number of ether oxygens (including phenoxy) is 1. The summed E-state index contributed by atoms with van der Waals surface area (Å²) in [6, 6.07) is 6.41. The summed E-state index contributed by atoms with van der Waals surface area (Å²) in [6.07, 6.45) is 1.83. The second kappa shape index (κ2) is 6.40.